The SMILES string of the molecule is Cc1cc2c3c(c1)N(c1ccccc1)c1c(C#N)cccc1B3c1cccc(C#N)c1S2. The van der Waals surface area contributed by atoms with Crippen molar-refractivity contribution in [3.8, 4) is 12.1 Å². The summed E-state index contributed by atoms with van der Waals surface area (Å²) in [4.78, 5) is 4.43. The molecule has 0 spiro atoms. The van der Waals surface area contributed by atoms with Gasteiger partial charge in [0.2, 0.25) is 6.71 Å². The maximum absolute atomic E-state index is 10.0. The molecule has 0 N–H and O–H groups in total. The second-order valence-corrected chi connectivity index (χ2v) is 9.15. The molecule has 0 bridgehead atoms. The molecule has 0 saturated carbocycles. The van der Waals surface area contributed by atoms with E-state index in [4.69, 9.17) is 0 Å². The maximum Gasteiger partial charge on any atom is 0.249 e. The fraction of sp³-hybridized carbons (Fsp3) is 0.0370. The predicted octanol–water partition coefficient (Wildman–Crippen LogP) is 4.50. The van der Waals surface area contributed by atoms with Crippen molar-refractivity contribution < 1.29 is 0 Å². The van der Waals surface area contributed by atoms with E-state index in [0.717, 1.165) is 38.4 Å². The molecular weight excluding hydrogens is 409 g/mol. The van der Waals surface area contributed by atoms with E-state index < -0.39 is 0 Å². The second-order valence-electron chi connectivity index (χ2n) is 8.09. The molecule has 32 heavy (non-hydrogen) atoms. The highest BCUT2D eigenvalue weighted by atomic mass is 32.2. The van der Waals surface area contributed by atoms with Crippen LogP contribution in [0.2, 0.25) is 0 Å². The summed E-state index contributed by atoms with van der Waals surface area (Å²) in [5.41, 5.74) is 9.04. The fourth-order valence-corrected chi connectivity index (χ4v) is 6.30. The predicted molar refractivity (Wildman–Crippen MR) is 131 cm³/mol. The zero-order valence-electron chi connectivity index (χ0n) is 17.3. The Morgan fingerprint density at radius 2 is 1.53 bits per heavy atom. The van der Waals surface area contributed by atoms with Gasteiger partial charge in [-0.25, -0.2) is 0 Å². The van der Waals surface area contributed by atoms with Crippen molar-refractivity contribution in [3.63, 3.8) is 0 Å². The Morgan fingerprint density at radius 1 is 0.812 bits per heavy atom. The molecule has 0 radical (unpaired) electrons. The van der Waals surface area contributed by atoms with E-state index in [1.165, 1.54) is 10.4 Å². The number of hydrogen-bond donors (Lipinski definition) is 0. The highest BCUT2D eigenvalue weighted by Gasteiger charge is 2.42. The molecule has 0 aromatic heterocycles. The first-order chi connectivity index (χ1) is 15.7. The van der Waals surface area contributed by atoms with Gasteiger partial charge in [-0.3, -0.25) is 0 Å². The third kappa shape index (κ3) is 2.56. The van der Waals surface area contributed by atoms with E-state index in [1.54, 1.807) is 11.8 Å². The van der Waals surface area contributed by atoms with Crippen LogP contribution in [0.25, 0.3) is 0 Å². The van der Waals surface area contributed by atoms with E-state index >= 15 is 0 Å². The monoisotopic (exact) mass is 425 g/mol. The highest BCUT2D eigenvalue weighted by Crippen LogP contribution is 2.43. The van der Waals surface area contributed by atoms with Gasteiger partial charge < -0.3 is 4.90 Å². The minimum absolute atomic E-state index is 0.0200. The summed E-state index contributed by atoms with van der Waals surface area (Å²) in [5.74, 6) is 0. The van der Waals surface area contributed by atoms with Crippen LogP contribution in [0.15, 0.2) is 88.7 Å². The minimum Gasteiger partial charge on any atom is -0.310 e. The second kappa shape index (κ2) is 7.06. The lowest BCUT2D eigenvalue weighted by Gasteiger charge is -2.40. The van der Waals surface area contributed by atoms with Crippen LogP contribution in [0.1, 0.15) is 16.7 Å². The number of rotatable bonds is 1. The van der Waals surface area contributed by atoms with Crippen molar-refractivity contribution in [2.24, 2.45) is 0 Å². The molecule has 0 unspecified atom stereocenters. The lowest BCUT2D eigenvalue weighted by Crippen LogP contribution is -2.60. The standard InChI is InChI=1S/C27H16BN3S/c1-17-13-23-25-24(14-17)32-27-19(16-30)8-6-12-22(27)28(25)21-11-5-7-18(15-29)26(21)31(23)20-9-3-2-4-10-20/h2-14H,1H3. The average molecular weight is 425 g/mol. The molecule has 2 aliphatic heterocycles. The molecule has 3 nitrogen and oxygen atoms in total. The number of nitriles is 2. The van der Waals surface area contributed by atoms with Gasteiger partial charge in [0.25, 0.3) is 0 Å². The van der Waals surface area contributed by atoms with Crippen LogP contribution in [0.3, 0.4) is 0 Å². The number of aryl methyl sites for hydroxylation is 1. The zero-order valence-corrected chi connectivity index (χ0v) is 18.1. The highest BCUT2D eigenvalue weighted by molar-refractivity contribution is 8.00. The van der Waals surface area contributed by atoms with Crippen molar-refractivity contribution in [3.05, 3.63) is 95.6 Å². The van der Waals surface area contributed by atoms with Gasteiger partial charge in [-0.1, -0.05) is 59.7 Å². The van der Waals surface area contributed by atoms with Crippen LogP contribution >= 0.6 is 11.8 Å². The summed E-state index contributed by atoms with van der Waals surface area (Å²) in [6, 6.07) is 31.4. The van der Waals surface area contributed by atoms with Crippen LogP contribution in [0.4, 0.5) is 17.1 Å². The molecule has 0 atom stereocenters. The van der Waals surface area contributed by atoms with E-state index in [1.807, 2.05) is 42.5 Å². The number of hydrogen-bond acceptors (Lipinski definition) is 4. The number of para-hydroxylation sites is 2. The van der Waals surface area contributed by atoms with Gasteiger partial charge in [-0.2, -0.15) is 10.5 Å². The van der Waals surface area contributed by atoms with Crippen molar-refractivity contribution >= 4 is 51.9 Å². The summed E-state index contributed by atoms with van der Waals surface area (Å²) >= 11 is 1.68. The molecule has 4 aromatic rings. The maximum atomic E-state index is 10.0. The van der Waals surface area contributed by atoms with Gasteiger partial charge in [0.05, 0.1) is 16.8 Å². The summed E-state index contributed by atoms with van der Waals surface area (Å²) in [7, 11) is 0. The van der Waals surface area contributed by atoms with Crippen molar-refractivity contribution in [1.29, 1.82) is 10.5 Å². The topological polar surface area (TPSA) is 50.8 Å². The Kier molecular flexibility index (Phi) is 4.15. The third-order valence-electron chi connectivity index (χ3n) is 6.22. The number of fused-ring (bicyclic) bond motifs is 4. The minimum atomic E-state index is -0.0200. The Morgan fingerprint density at radius 3 is 2.28 bits per heavy atom. The molecule has 2 heterocycles. The molecule has 2 aliphatic rings. The number of benzene rings is 4. The van der Waals surface area contributed by atoms with E-state index in [9.17, 15) is 10.5 Å². The van der Waals surface area contributed by atoms with E-state index in [2.05, 4.69) is 60.4 Å². The summed E-state index contributed by atoms with van der Waals surface area (Å²) < 4.78 is 0. The first kappa shape index (κ1) is 18.8. The molecule has 0 fully saturated rings. The largest absolute Gasteiger partial charge is 0.310 e. The zero-order chi connectivity index (χ0) is 21.8. The van der Waals surface area contributed by atoms with Crippen molar-refractivity contribution in [1.82, 2.24) is 0 Å². The first-order valence-electron chi connectivity index (χ1n) is 10.4. The molecule has 148 valence electrons. The number of nitrogens with zero attached hydrogens (tertiary/aromatic N) is 3. The van der Waals surface area contributed by atoms with Gasteiger partial charge in [-0.15, -0.1) is 0 Å². The Bertz CT molecular complexity index is 1500. The molecule has 4 aromatic carbocycles. The Labute approximate surface area is 191 Å². The van der Waals surface area contributed by atoms with Gasteiger partial charge in [0.15, 0.2) is 0 Å². The van der Waals surface area contributed by atoms with E-state index in [-0.39, 0.29) is 6.71 Å². The summed E-state index contributed by atoms with van der Waals surface area (Å²) in [6.45, 7) is 2.08. The lowest BCUT2D eigenvalue weighted by molar-refractivity contribution is 1.24. The molecule has 0 amide bonds. The van der Waals surface area contributed by atoms with Crippen molar-refractivity contribution in [2.45, 2.75) is 16.7 Å². The van der Waals surface area contributed by atoms with Crippen LogP contribution < -0.4 is 21.3 Å². The molecular formula is C27H16BN3S. The van der Waals surface area contributed by atoms with Crippen LogP contribution in [-0.2, 0) is 0 Å². The molecule has 5 heteroatoms. The van der Waals surface area contributed by atoms with Gasteiger partial charge >= 0.3 is 0 Å². The van der Waals surface area contributed by atoms with Gasteiger partial charge in [0, 0.05) is 21.2 Å². The van der Waals surface area contributed by atoms with Crippen LogP contribution in [-0.4, -0.2) is 6.71 Å². The van der Waals surface area contributed by atoms with E-state index in [0.29, 0.717) is 11.1 Å². The smallest absolute Gasteiger partial charge is 0.249 e. The van der Waals surface area contributed by atoms with Crippen molar-refractivity contribution in [2.75, 3.05) is 4.90 Å². The fourth-order valence-electron chi connectivity index (χ4n) is 4.98. The van der Waals surface area contributed by atoms with Crippen LogP contribution in [0, 0.1) is 29.6 Å². The Balaban J connectivity index is 1.76. The average Bonchev–Trinajstić information content (AvgIpc) is 2.83. The van der Waals surface area contributed by atoms with Gasteiger partial charge in [0.1, 0.15) is 12.1 Å². The lowest BCUT2D eigenvalue weighted by atomic mass is 9.34. The van der Waals surface area contributed by atoms with Gasteiger partial charge in [-0.05, 0) is 59.8 Å². The summed E-state index contributed by atoms with van der Waals surface area (Å²) in [5, 5.41) is 19.8. The Hall–Kier alpha value is -3.93. The quantitative estimate of drug-likeness (QED) is 0.364. The first-order valence-corrected chi connectivity index (χ1v) is 11.3. The molecule has 0 aliphatic carbocycles. The molecule has 6 rings (SSSR count). The number of anilines is 3. The van der Waals surface area contributed by atoms with Crippen LogP contribution in [0.5, 0.6) is 0 Å². The normalized spacial score (nSPS) is 12.8. The summed E-state index contributed by atoms with van der Waals surface area (Å²) in [6.07, 6.45) is 0. The third-order valence-corrected chi connectivity index (χ3v) is 7.44. The molecule has 0 saturated heterocycles.